The predicted molar refractivity (Wildman–Crippen MR) is 94.5 cm³/mol. The third-order valence-corrected chi connectivity index (χ3v) is 4.64. The quantitative estimate of drug-likeness (QED) is 0.877. The van der Waals surface area contributed by atoms with E-state index in [9.17, 15) is 4.79 Å². The minimum atomic E-state index is 0.193. The molecule has 1 amide bonds. The van der Waals surface area contributed by atoms with Gasteiger partial charge >= 0.3 is 0 Å². The van der Waals surface area contributed by atoms with E-state index in [-0.39, 0.29) is 5.91 Å². The smallest absolute Gasteiger partial charge is 0.219 e. The molecule has 0 aromatic heterocycles. The number of para-hydroxylation sites is 1. The van der Waals surface area contributed by atoms with Crippen molar-refractivity contribution in [1.29, 1.82) is 0 Å². The Morgan fingerprint density at radius 2 is 2.22 bits per heavy atom. The number of methoxy groups -OCH3 is 1. The summed E-state index contributed by atoms with van der Waals surface area (Å²) in [5, 5.41) is 3.62. The van der Waals surface area contributed by atoms with Crippen molar-refractivity contribution in [3.63, 3.8) is 0 Å². The van der Waals surface area contributed by atoms with Crippen LogP contribution in [-0.4, -0.2) is 43.6 Å². The molecule has 1 saturated heterocycles. The Hall–Kier alpha value is -1.81. The Bertz CT molecular complexity index is 542. The fourth-order valence-corrected chi connectivity index (χ4v) is 3.21. The molecule has 4 nitrogen and oxygen atoms in total. The number of carbonyl (C=O) groups is 1. The second-order valence-corrected chi connectivity index (χ2v) is 6.08. The van der Waals surface area contributed by atoms with Gasteiger partial charge in [-0.1, -0.05) is 43.7 Å². The lowest BCUT2D eigenvalue weighted by molar-refractivity contribution is -0.131. The van der Waals surface area contributed by atoms with Crippen molar-refractivity contribution in [2.75, 3.05) is 26.7 Å². The molecule has 23 heavy (non-hydrogen) atoms. The van der Waals surface area contributed by atoms with Crippen LogP contribution in [0.25, 0.3) is 6.08 Å². The molecule has 1 heterocycles. The van der Waals surface area contributed by atoms with Crippen molar-refractivity contribution in [1.82, 2.24) is 10.2 Å². The molecule has 0 radical (unpaired) electrons. The Balaban J connectivity index is 1.86. The molecular formula is C19H28N2O2. The molecule has 4 heteroatoms. The topological polar surface area (TPSA) is 41.6 Å². The first-order valence-corrected chi connectivity index (χ1v) is 8.44. The van der Waals surface area contributed by atoms with E-state index in [2.05, 4.69) is 30.5 Å². The van der Waals surface area contributed by atoms with Crippen LogP contribution in [0.1, 0.15) is 32.3 Å². The van der Waals surface area contributed by atoms with Gasteiger partial charge in [0.2, 0.25) is 5.91 Å². The molecule has 2 unspecified atom stereocenters. The molecule has 1 aliphatic rings. The lowest BCUT2D eigenvalue weighted by Crippen LogP contribution is -2.50. The van der Waals surface area contributed by atoms with Crippen LogP contribution in [0.2, 0.25) is 0 Å². The van der Waals surface area contributed by atoms with Crippen LogP contribution in [0.3, 0.4) is 0 Å². The highest BCUT2D eigenvalue weighted by Gasteiger charge is 2.28. The minimum absolute atomic E-state index is 0.193. The first-order chi connectivity index (χ1) is 11.2. The summed E-state index contributed by atoms with van der Waals surface area (Å²) < 4.78 is 5.35. The molecule has 0 spiro atoms. The maximum Gasteiger partial charge on any atom is 0.219 e. The highest BCUT2D eigenvalue weighted by atomic mass is 16.5. The molecule has 0 aliphatic carbocycles. The standard InChI is InChI=1S/C19H28N2O2/c1-4-16-14-21(15(2)22)13-11-18(16)20-12-7-9-17-8-5-6-10-19(17)23-3/h5-10,16,18,20H,4,11-14H2,1-3H3/b9-7+. The average molecular weight is 316 g/mol. The lowest BCUT2D eigenvalue weighted by atomic mass is 9.90. The van der Waals surface area contributed by atoms with Crippen molar-refractivity contribution in [2.45, 2.75) is 32.7 Å². The molecule has 1 aromatic rings. The van der Waals surface area contributed by atoms with E-state index in [0.29, 0.717) is 12.0 Å². The maximum atomic E-state index is 11.5. The normalized spacial score (nSPS) is 21.6. The summed E-state index contributed by atoms with van der Waals surface area (Å²) in [5.41, 5.74) is 1.09. The number of hydrogen-bond donors (Lipinski definition) is 1. The number of hydrogen-bond acceptors (Lipinski definition) is 3. The molecular weight excluding hydrogens is 288 g/mol. The van der Waals surface area contributed by atoms with Gasteiger partial charge in [-0.05, 0) is 18.4 Å². The second kappa shape index (κ2) is 8.73. The first-order valence-electron chi connectivity index (χ1n) is 8.44. The summed E-state index contributed by atoms with van der Waals surface area (Å²) in [5.74, 6) is 1.62. The highest BCUT2D eigenvalue weighted by molar-refractivity contribution is 5.73. The van der Waals surface area contributed by atoms with Crippen LogP contribution in [-0.2, 0) is 4.79 Å². The van der Waals surface area contributed by atoms with Gasteiger partial charge in [0.1, 0.15) is 5.75 Å². The summed E-state index contributed by atoms with van der Waals surface area (Å²) in [7, 11) is 1.69. The van der Waals surface area contributed by atoms with Crippen molar-refractivity contribution in [2.24, 2.45) is 5.92 Å². The Kier molecular flexibility index (Phi) is 6.66. The molecule has 1 fully saturated rings. The zero-order valence-corrected chi connectivity index (χ0v) is 14.4. The molecule has 0 saturated carbocycles. The van der Waals surface area contributed by atoms with Crippen LogP contribution in [0.4, 0.5) is 0 Å². The monoisotopic (exact) mass is 316 g/mol. The number of likely N-dealkylation sites (tertiary alicyclic amines) is 1. The highest BCUT2D eigenvalue weighted by Crippen LogP contribution is 2.21. The van der Waals surface area contributed by atoms with E-state index in [1.807, 2.05) is 23.1 Å². The number of nitrogens with one attached hydrogen (secondary N) is 1. The Labute approximate surface area is 139 Å². The second-order valence-electron chi connectivity index (χ2n) is 6.08. The first kappa shape index (κ1) is 17.5. The Morgan fingerprint density at radius 1 is 1.43 bits per heavy atom. The van der Waals surface area contributed by atoms with E-state index >= 15 is 0 Å². The number of amides is 1. The summed E-state index contributed by atoms with van der Waals surface area (Å²) in [6, 6.07) is 8.49. The number of nitrogens with zero attached hydrogens (tertiary/aromatic N) is 1. The van der Waals surface area contributed by atoms with Crippen LogP contribution >= 0.6 is 0 Å². The number of rotatable bonds is 6. The summed E-state index contributed by atoms with van der Waals surface area (Å²) in [6.45, 7) is 6.43. The van der Waals surface area contributed by atoms with Crippen molar-refractivity contribution in [3.05, 3.63) is 35.9 Å². The van der Waals surface area contributed by atoms with Gasteiger partial charge in [0, 0.05) is 38.2 Å². The minimum Gasteiger partial charge on any atom is -0.496 e. The molecule has 126 valence electrons. The van der Waals surface area contributed by atoms with Crippen molar-refractivity contribution < 1.29 is 9.53 Å². The summed E-state index contributed by atoms with van der Waals surface area (Å²) >= 11 is 0. The molecule has 1 N–H and O–H groups in total. The molecule has 1 aromatic carbocycles. The van der Waals surface area contributed by atoms with Gasteiger partial charge in [0.05, 0.1) is 7.11 Å². The SMILES string of the molecule is CCC1CN(C(C)=O)CCC1NC/C=C/c1ccccc1OC. The van der Waals surface area contributed by atoms with E-state index in [0.717, 1.165) is 43.8 Å². The number of piperidine rings is 1. The fourth-order valence-electron chi connectivity index (χ4n) is 3.21. The number of ether oxygens (including phenoxy) is 1. The van der Waals surface area contributed by atoms with Gasteiger partial charge in [0.15, 0.2) is 0 Å². The fraction of sp³-hybridized carbons (Fsp3) is 0.526. The zero-order valence-electron chi connectivity index (χ0n) is 14.4. The summed E-state index contributed by atoms with van der Waals surface area (Å²) in [6.07, 6.45) is 6.36. The largest absolute Gasteiger partial charge is 0.496 e. The lowest BCUT2D eigenvalue weighted by Gasteiger charge is -2.38. The van der Waals surface area contributed by atoms with Crippen LogP contribution in [0.5, 0.6) is 5.75 Å². The van der Waals surface area contributed by atoms with Gasteiger partial charge in [-0.2, -0.15) is 0 Å². The van der Waals surface area contributed by atoms with Crippen molar-refractivity contribution >= 4 is 12.0 Å². The van der Waals surface area contributed by atoms with Crippen molar-refractivity contribution in [3.8, 4) is 5.75 Å². The summed E-state index contributed by atoms with van der Waals surface area (Å²) in [4.78, 5) is 13.5. The average Bonchev–Trinajstić information content (AvgIpc) is 2.58. The third-order valence-electron chi connectivity index (χ3n) is 4.64. The van der Waals surface area contributed by atoms with Crippen LogP contribution in [0, 0.1) is 5.92 Å². The van der Waals surface area contributed by atoms with Gasteiger partial charge < -0.3 is 15.0 Å². The van der Waals surface area contributed by atoms with E-state index in [1.54, 1.807) is 14.0 Å². The van der Waals surface area contributed by atoms with Gasteiger partial charge in [-0.25, -0.2) is 0 Å². The van der Waals surface area contributed by atoms with E-state index in [1.165, 1.54) is 0 Å². The molecule has 0 bridgehead atoms. The molecule has 2 atom stereocenters. The third kappa shape index (κ3) is 4.83. The van der Waals surface area contributed by atoms with E-state index in [4.69, 9.17) is 4.74 Å². The predicted octanol–water partition coefficient (Wildman–Crippen LogP) is 2.95. The number of benzene rings is 1. The molecule has 2 rings (SSSR count). The van der Waals surface area contributed by atoms with Gasteiger partial charge in [-0.3, -0.25) is 4.79 Å². The van der Waals surface area contributed by atoms with Crippen LogP contribution < -0.4 is 10.1 Å². The van der Waals surface area contributed by atoms with Gasteiger partial charge in [-0.15, -0.1) is 0 Å². The van der Waals surface area contributed by atoms with Crippen LogP contribution in [0.15, 0.2) is 30.3 Å². The maximum absolute atomic E-state index is 11.5. The zero-order chi connectivity index (χ0) is 16.7. The Morgan fingerprint density at radius 3 is 2.91 bits per heavy atom. The number of carbonyl (C=O) groups excluding carboxylic acids is 1. The van der Waals surface area contributed by atoms with E-state index < -0.39 is 0 Å². The van der Waals surface area contributed by atoms with Gasteiger partial charge in [0.25, 0.3) is 0 Å². The molecule has 1 aliphatic heterocycles.